The van der Waals surface area contributed by atoms with E-state index >= 15 is 0 Å². The maximum absolute atomic E-state index is 5.43. The summed E-state index contributed by atoms with van der Waals surface area (Å²) in [5, 5.41) is 4.43. The zero-order valence-electron chi connectivity index (χ0n) is 10.1. The Labute approximate surface area is 105 Å². The second-order valence-electron chi connectivity index (χ2n) is 4.74. The van der Waals surface area contributed by atoms with E-state index in [1.807, 2.05) is 6.20 Å². The van der Waals surface area contributed by atoms with Gasteiger partial charge in [-0.1, -0.05) is 15.9 Å². The van der Waals surface area contributed by atoms with Crippen LogP contribution in [0.1, 0.15) is 50.8 Å². The molecule has 0 aliphatic heterocycles. The Morgan fingerprint density at radius 1 is 1.50 bits per heavy atom. The second kappa shape index (κ2) is 4.78. The number of nitrogens with zero attached hydrogens (tertiary/aromatic N) is 2. The van der Waals surface area contributed by atoms with Crippen molar-refractivity contribution in [2.45, 2.75) is 49.9 Å². The molecule has 0 saturated heterocycles. The number of methoxy groups -OCH3 is 1. The van der Waals surface area contributed by atoms with Gasteiger partial charge in [-0.15, -0.1) is 0 Å². The third-order valence-corrected chi connectivity index (χ3v) is 4.09. The van der Waals surface area contributed by atoms with E-state index in [0.717, 1.165) is 5.75 Å². The second-order valence-corrected chi connectivity index (χ2v) is 6.04. The van der Waals surface area contributed by atoms with Gasteiger partial charge >= 0.3 is 0 Å². The topological polar surface area (TPSA) is 27.1 Å². The molecule has 0 aromatic carbocycles. The van der Waals surface area contributed by atoms with Crippen LogP contribution in [-0.4, -0.2) is 21.7 Å². The van der Waals surface area contributed by atoms with Crippen molar-refractivity contribution in [1.29, 1.82) is 0 Å². The monoisotopic (exact) mass is 286 g/mol. The van der Waals surface area contributed by atoms with Crippen molar-refractivity contribution < 1.29 is 4.74 Å². The van der Waals surface area contributed by atoms with E-state index in [1.165, 1.54) is 25.0 Å². The first kappa shape index (κ1) is 12.0. The fraction of sp³-hybridized carbons (Fsp3) is 0.750. The molecular weight excluding hydrogens is 268 g/mol. The molecule has 4 heteroatoms. The van der Waals surface area contributed by atoms with Crippen LogP contribution in [0, 0.1) is 0 Å². The molecule has 1 aliphatic carbocycles. The Hall–Kier alpha value is -0.510. The van der Waals surface area contributed by atoms with E-state index < -0.39 is 0 Å². The molecule has 1 aliphatic rings. The normalized spacial score (nSPS) is 25.3. The van der Waals surface area contributed by atoms with Crippen LogP contribution in [-0.2, 0) is 0 Å². The van der Waals surface area contributed by atoms with Crippen molar-refractivity contribution in [2.24, 2.45) is 0 Å². The number of alkyl halides is 1. The van der Waals surface area contributed by atoms with E-state index in [2.05, 4.69) is 39.6 Å². The summed E-state index contributed by atoms with van der Waals surface area (Å²) in [6.45, 7) is 4.33. The van der Waals surface area contributed by atoms with Crippen molar-refractivity contribution in [2.75, 3.05) is 7.11 Å². The molecule has 0 radical (unpaired) electrons. The van der Waals surface area contributed by atoms with Gasteiger partial charge in [-0.25, -0.2) is 0 Å². The van der Waals surface area contributed by atoms with Gasteiger partial charge in [-0.05, 0) is 33.1 Å². The summed E-state index contributed by atoms with van der Waals surface area (Å²) >= 11 is 3.70. The van der Waals surface area contributed by atoms with Crippen LogP contribution in [0.15, 0.2) is 6.20 Å². The van der Waals surface area contributed by atoms with Crippen LogP contribution >= 0.6 is 15.9 Å². The molecule has 0 bridgehead atoms. The summed E-state index contributed by atoms with van der Waals surface area (Å²) in [6, 6.07) is 0.397. The van der Waals surface area contributed by atoms with Gasteiger partial charge in [-0.3, -0.25) is 4.68 Å². The van der Waals surface area contributed by atoms with Crippen LogP contribution in [0.3, 0.4) is 0 Å². The van der Waals surface area contributed by atoms with Gasteiger partial charge < -0.3 is 4.74 Å². The summed E-state index contributed by atoms with van der Waals surface area (Å²) in [7, 11) is 1.73. The predicted octanol–water partition coefficient (Wildman–Crippen LogP) is 3.50. The minimum atomic E-state index is 0.397. The Morgan fingerprint density at radius 2 is 2.25 bits per heavy atom. The highest BCUT2D eigenvalue weighted by molar-refractivity contribution is 9.09. The number of ether oxygens (including phenoxy) is 1. The van der Waals surface area contributed by atoms with Gasteiger partial charge in [-0.2, -0.15) is 5.10 Å². The van der Waals surface area contributed by atoms with Crippen molar-refractivity contribution in [3.8, 4) is 5.75 Å². The minimum Gasteiger partial charge on any atom is -0.493 e. The number of hydrogen-bond acceptors (Lipinski definition) is 2. The highest BCUT2D eigenvalue weighted by Gasteiger charge is 2.30. The highest BCUT2D eigenvalue weighted by Crippen LogP contribution is 2.42. The fourth-order valence-electron chi connectivity index (χ4n) is 2.49. The highest BCUT2D eigenvalue weighted by atomic mass is 79.9. The third kappa shape index (κ3) is 2.12. The lowest BCUT2D eigenvalue weighted by atomic mass is 10.0. The first-order chi connectivity index (χ1) is 7.63. The molecule has 16 heavy (non-hydrogen) atoms. The van der Waals surface area contributed by atoms with E-state index in [0.29, 0.717) is 16.8 Å². The number of hydrogen-bond donors (Lipinski definition) is 0. The van der Waals surface area contributed by atoms with Gasteiger partial charge in [0.25, 0.3) is 0 Å². The number of aromatic nitrogens is 2. The van der Waals surface area contributed by atoms with Crippen LogP contribution in [0.4, 0.5) is 0 Å². The van der Waals surface area contributed by atoms with Gasteiger partial charge in [0.1, 0.15) is 0 Å². The third-order valence-electron chi connectivity index (χ3n) is 3.26. The Morgan fingerprint density at radius 3 is 2.75 bits per heavy atom. The molecular formula is C12H19BrN2O. The molecule has 1 saturated carbocycles. The summed E-state index contributed by atoms with van der Waals surface area (Å²) in [4.78, 5) is 0.651. The summed E-state index contributed by atoms with van der Waals surface area (Å²) in [6.07, 6.45) is 5.51. The van der Waals surface area contributed by atoms with Gasteiger partial charge in [0.15, 0.2) is 5.75 Å². The average Bonchev–Trinajstić information content (AvgIpc) is 2.82. The van der Waals surface area contributed by atoms with E-state index in [4.69, 9.17) is 4.74 Å². The summed E-state index contributed by atoms with van der Waals surface area (Å²) < 4.78 is 7.53. The minimum absolute atomic E-state index is 0.397. The maximum Gasteiger partial charge on any atom is 0.160 e. The molecule has 3 nitrogen and oxygen atoms in total. The lowest BCUT2D eigenvalue weighted by molar-refractivity contribution is 0.396. The van der Waals surface area contributed by atoms with Gasteiger partial charge in [0, 0.05) is 16.8 Å². The summed E-state index contributed by atoms with van der Waals surface area (Å²) in [5.41, 5.74) is 1.28. The molecule has 1 heterocycles. The molecule has 0 spiro atoms. The van der Waals surface area contributed by atoms with Crippen molar-refractivity contribution in [3.05, 3.63) is 11.9 Å². The molecule has 90 valence electrons. The number of rotatable bonds is 3. The van der Waals surface area contributed by atoms with Gasteiger partial charge in [0.2, 0.25) is 0 Å². The van der Waals surface area contributed by atoms with Crippen LogP contribution in [0.5, 0.6) is 5.75 Å². The molecule has 0 amide bonds. The van der Waals surface area contributed by atoms with E-state index in [-0.39, 0.29) is 0 Å². The van der Waals surface area contributed by atoms with Crippen molar-refractivity contribution in [3.63, 3.8) is 0 Å². The largest absolute Gasteiger partial charge is 0.493 e. The average molecular weight is 287 g/mol. The first-order valence-electron chi connectivity index (χ1n) is 5.89. The van der Waals surface area contributed by atoms with E-state index in [1.54, 1.807) is 7.11 Å². The zero-order chi connectivity index (χ0) is 11.7. The number of halogens is 1. The lowest BCUT2D eigenvalue weighted by Gasteiger charge is -2.17. The molecule has 1 aromatic rings. The summed E-state index contributed by atoms with van der Waals surface area (Å²) in [5.74, 6) is 1.53. The molecule has 1 aromatic heterocycles. The van der Waals surface area contributed by atoms with Crippen LogP contribution in [0.25, 0.3) is 0 Å². The van der Waals surface area contributed by atoms with E-state index in [9.17, 15) is 0 Å². The SMILES string of the molecule is COc1cnn(C(C)C)c1C1CCC(Br)C1. The van der Waals surface area contributed by atoms with Crippen LogP contribution < -0.4 is 4.74 Å². The van der Waals surface area contributed by atoms with Gasteiger partial charge in [0.05, 0.1) is 19.0 Å². The zero-order valence-corrected chi connectivity index (χ0v) is 11.7. The van der Waals surface area contributed by atoms with Crippen LogP contribution in [0.2, 0.25) is 0 Å². The molecule has 2 rings (SSSR count). The first-order valence-corrected chi connectivity index (χ1v) is 6.80. The maximum atomic E-state index is 5.43. The Bertz CT molecular complexity index is 362. The molecule has 1 fully saturated rings. The fourth-order valence-corrected chi connectivity index (χ4v) is 3.20. The quantitative estimate of drug-likeness (QED) is 0.795. The standard InChI is InChI=1S/C12H19BrN2O/c1-8(2)15-12(11(16-3)7-14-15)9-4-5-10(13)6-9/h7-10H,4-6H2,1-3H3. The Balaban J connectivity index is 2.32. The smallest absolute Gasteiger partial charge is 0.160 e. The Kier molecular flexibility index (Phi) is 3.57. The molecule has 2 atom stereocenters. The predicted molar refractivity (Wildman–Crippen MR) is 68.5 cm³/mol. The van der Waals surface area contributed by atoms with Crippen molar-refractivity contribution >= 4 is 15.9 Å². The lowest BCUT2D eigenvalue weighted by Crippen LogP contribution is -2.11. The van der Waals surface area contributed by atoms with Crippen molar-refractivity contribution in [1.82, 2.24) is 9.78 Å². The molecule has 2 unspecified atom stereocenters. The molecule has 0 N–H and O–H groups in total.